The number of hydrogen-bond donors (Lipinski definition) is 2. The first-order chi connectivity index (χ1) is 8.83. The van der Waals surface area contributed by atoms with Gasteiger partial charge < -0.3 is 11.1 Å². The average molecular weight is 322 g/mol. The van der Waals surface area contributed by atoms with Crippen molar-refractivity contribution in [2.75, 3.05) is 6.54 Å². The van der Waals surface area contributed by atoms with Crippen molar-refractivity contribution in [2.24, 2.45) is 5.73 Å². The molecule has 0 aromatic carbocycles. The summed E-state index contributed by atoms with van der Waals surface area (Å²) >= 11 is 1.12. The molecule has 0 aliphatic carbocycles. The number of rotatable bonds is 6. The molecule has 0 saturated carbocycles. The van der Waals surface area contributed by atoms with Gasteiger partial charge in [0.15, 0.2) is 0 Å². The summed E-state index contributed by atoms with van der Waals surface area (Å²) < 4.78 is 0. The second kappa shape index (κ2) is 7.56. The number of nitrogens with one attached hydrogen (secondary N) is 1. The molecule has 6 nitrogen and oxygen atoms in total. The minimum Gasteiger partial charge on any atom is -0.349 e. The summed E-state index contributed by atoms with van der Waals surface area (Å²) in [5.41, 5.74) is 5.65. The lowest BCUT2D eigenvalue weighted by atomic mass is 9.94. The fourth-order valence-electron chi connectivity index (χ4n) is 1.61. The summed E-state index contributed by atoms with van der Waals surface area (Å²) in [7, 11) is 0. The summed E-state index contributed by atoms with van der Waals surface area (Å²) in [5, 5.41) is 13.5. The molecule has 1 rings (SSSR count). The maximum Gasteiger partial charge on any atom is 0.283 e. The Kier molecular flexibility index (Phi) is 7.12. The van der Waals surface area contributed by atoms with E-state index in [4.69, 9.17) is 5.73 Å². The highest BCUT2D eigenvalue weighted by Gasteiger charge is 2.23. The number of halogens is 1. The molecule has 0 unspecified atom stereocenters. The molecule has 1 aromatic heterocycles. The van der Waals surface area contributed by atoms with Gasteiger partial charge >= 0.3 is 0 Å². The van der Waals surface area contributed by atoms with Gasteiger partial charge in [-0.1, -0.05) is 13.8 Å². The molecule has 0 aliphatic heterocycles. The van der Waals surface area contributed by atoms with Crippen LogP contribution in [0.15, 0.2) is 6.07 Å². The smallest absolute Gasteiger partial charge is 0.283 e. The standard InChI is InChI=1S/C12H19N3O3S.ClH/c1-4-12(13,5-2)7-14-11(16)10-6-9(15(17)18)8(3)19-10;/h6H,4-5,7,13H2,1-3H3,(H,14,16);1H. The topological polar surface area (TPSA) is 98.3 Å². The summed E-state index contributed by atoms with van der Waals surface area (Å²) in [6.07, 6.45) is 1.51. The summed E-state index contributed by atoms with van der Waals surface area (Å²) in [5.74, 6) is -0.307. The Labute approximate surface area is 128 Å². The van der Waals surface area contributed by atoms with Crippen molar-refractivity contribution < 1.29 is 9.72 Å². The Balaban J connectivity index is 0.00000361. The van der Waals surface area contributed by atoms with Crippen molar-refractivity contribution in [3.05, 3.63) is 25.9 Å². The van der Waals surface area contributed by atoms with Gasteiger partial charge in [0.05, 0.1) is 14.7 Å². The predicted molar refractivity (Wildman–Crippen MR) is 82.8 cm³/mol. The fraction of sp³-hybridized carbons (Fsp3) is 0.583. The number of aryl methyl sites for hydroxylation is 1. The minimum absolute atomic E-state index is 0. The van der Waals surface area contributed by atoms with Crippen LogP contribution in [0.1, 0.15) is 41.2 Å². The molecule has 114 valence electrons. The van der Waals surface area contributed by atoms with E-state index in [0.29, 0.717) is 16.3 Å². The van der Waals surface area contributed by atoms with Crippen molar-refractivity contribution in [2.45, 2.75) is 39.2 Å². The molecule has 1 heterocycles. The molecule has 0 aliphatic rings. The zero-order valence-corrected chi connectivity index (χ0v) is 13.4. The van der Waals surface area contributed by atoms with Crippen molar-refractivity contribution in [1.82, 2.24) is 5.32 Å². The third-order valence-corrected chi connectivity index (χ3v) is 4.36. The van der Waals surface area contributed by atoms with E-state index in [-0.39, 0.29) is 24.0 Å². The Morgan fingerprint density at radius 2 is 2.05 bits per heavy atom. The number of nitro groups is 1. The third kappa shape index (κ3) is 4.43. The van der Waals surface area contributed by atoms with Gasteiger partial charge in [-0.05, 0) is 19.8 Å². The number of nitrogens with two attached hydrogens (primary N) is 1. The fourth-order valence-corrected chi connectivity index (χ4v) is 2.51. The largest absolute Gasteiger partial charge is 0.349 e. The normalized spacial score (nSPS) is 10.8. The molecule has 20 heavy (non-hydrogen) atoms. The van der Waals surface area contributed by atoms with Crippen molar-refractivity contribution in [3.63, 3.8) is 0 Å². The van der Waals surface area contributed by atoms with Crippen molar-refractivity contribution >= 4 is 35.3 Å². The maximum absolute atomic E-state index is 11.9. The molecule has 0 fully saturated rings. The molecule has 1 amide bonds. The second-order valence-electron chi connectivity index (χ2n) is 4.56. The lowest BCUT2D eigenvalue weighted by molar-refractivity contribution is -0.385. The molecule has 0 spiro atoms. The molecule has 8 heteroatoms. The second-order valence-corrected chi connectivity index (χ2v) is 5.82. The number of carbonyl (C=O) groups is 1. The van der Waals surface area contributed by atoms with Gasteiger partial charge in [-0.2, -0.15) is 0 Å². The lowest BCUT2D eigenvalue weighted by Crippen LogP contribution is -2.49. The van der Waals surface area contributed by atoms with Gasteiger partial charge in [-0.25, -0.2) is 0 Å². The molecular formula is C12H20ClN3O3S. The zero-order valence-electron chi connectivity index (χ0n) is 11.8. The van der Waals surface area contributed by atoms with Crippen LogP contribution in [-0.4, -0.2) is 22.9 Å². The van der Waals surface area contributed by atoms with Crippen LogP contribution in [0, 0.1) is 17.0 Å². The van der Waals surface area contributed by atoms with Gasteiger partial charge in [-0.3, -0.25) is 14.9 Å². The van der Waals surface area contributed by atoms with Crippen LogP contribution in [0.4, 0.5) is 5.69 Å². The number of nitrogens with zero attached hydrogens (tertiary/aromatic N) is 1. The van der Waals surface area contributed by atoms with Gasteiger partial charge in [0.25, 0.3) is 11.6 Å². The monoisotopic (exact) mass is 321 g/mol. The van der Waals surface area contributed by atoms with Crippen LogP contribution in [0.3, 0.4) is 0 Å². The molecule has 0 bridgehead atoms. The highest BCUT2D eigenvalue weighted by Crippen LogP contribution is 2.27. The van der Waals surface area contributed by atoms with E-state index in [1.807, 2.05) is 13.8 Å². The molecule has 0 radical (unpaired) electrons. The third-order valence-electron chi connectivity index (χ3n) is 3.32. The van der Waals surface area contributed by atoms with E-state index in [0.717, 1.165) is 24.2 Å². The van der Waals surface area contributed by atoms with Crippen LogP contribution in [0.5, 0.6) is 0 Å². The summed E-state index contributed by atoms with van der Waals surface area (Å²) in [6, 6.07) is 1.31. The minimum atomic E-state index is -0.478. The van der Waals surface area contributed by atoms with Crippen LogP contribution in [0.2, 0.25) is 0 Å². The Bertz CT molecular complexity index is 486. The maximum atomic E-state index is 11.9. The Morgan fingerprint density at radius 3 is 2.45 bits per heavy atom. The number of amides is 1. The quantitative estimate of drug-likeness (QED) is 0.621. The molecular weight excluding hydrogens is 302 g/mol. The Hall–Kier alpha value is -1.18. The zero-order chi connectivity index (χ0) is 14.6. The average Bonchev–Trinajstić information content (AvgIpc) is 2.78. The van der Waals surface area contributed by atoms with Gasteiger partial charge in [0.1, 0.15) is 0 Å². The summed E-state index contributed by atoms with van der Waals surface area (Å²) in [6.45, 7) is 5.93. The van der Waals surface area contributed by atoms with E-state index in [1.165, 1.54) is 6.07 Å². The van der Waals surface area contributed by atoms with Crippen molar-refractivity contribution in [3.8, 4) is 0 Å². The molecule has 0 atom stereocenters. The first-order valence-electron chi connectivity index (χ1n) is 6.15. The highest BCUT2D eigenvalue weighted by atomic mass is 35.5. The number of hydrogen-bond acceptors (Lipinski definition) is 5. The number of carbonyl (C=O) groups excluding carboxylic acids is 1. The summed E-state index contributed by atoms with van der Waals surface area (Å²) in [4.78, 5) is 23.1. The highest BCUT2D eigenvalue weighted by molar-refractivity contribution is 7.14. The molecule has 3 N–H and O–H groups in total. The lowest BCUT2D eigenvalue weighted by Gasteiger charge is -2.26. The van der Waals surface area contributed by atoms with Crippen LogP contribution in [0.25, 0.3) is 0 Å². The first-order valence-corrected chi connectivity index (χ1v) is 6.96. The molecule has 0 saturated heterocycles. The van der Waals surface area contributed by atoms with Crippen molar-refractivity contribution in [1.29, 1.82) is 0 Å². The first kappa shape index (κ1) is 18.8. The van der Waals surface area contributed by atoms with E-state index in [1.54, 1.807) is 6.92 Å². The predicted octanol–water partition coefficient (Wildman–Crippen LogP) is 2.63. The van der Waals surface area contributed by atoms with Gasteiger partial charge in [0, 0.05) is 18.2 Å². The van der Waals surface area contributed by atoms with E-state index in [9.17, 15) is 14.9 Å². The van der Waals surface area contributed by atoms with Crippen LogP contribution >= 0.6 is 23.7 Å². The van der Waals surface area contributed by atoms with E-state index in [2.05, 4.69) is 5.32 Å². The van der Waals surface area contributed by atoms with E-state index >= 15 is 0 Å². The van der Waals surface area contributed by atoms with Gasteiger partial charge in [0.2, 0.25) is 0 Å². The Morgan fingerprint density at radius 1 is 1.50 bits per heavy atom. The van der Waals surface area contributed by atoms with Gasteiger partial charge in [-0.15, -0.1) is 23.7 Å². The SMILES string of the molecule is CCC(N)(CC)CNC(=O)c1cc([N+](=O)[O-])c(C)s1.Cl. The van der Waals surface area contributed by atoms with E-state index < -0.39 is 10.5 Å². The molecule has 1 aromatic rings. The van der Waals surface area contributed by atoms with Crippen LogP contribution in [-0.2, 0) is 0 Å². The number of thiophene rings is 1. The van der Waals surface area contributed by atoms with Crippen LogP contribution < -0.4 is 11.1 Å².